The summed E-state index contributed by atoms with van der Waals surface area (Å²) >= 11 is 0. The van der Waals surface area contributed by atoms with E-state index in [4.69, 9.17) is 15.5 Å². The molecule has 1 heterocycles. The van der Waals surface area contributed by atoms with Gasteiger partial charge in [0, 0.05) is 18.0 Å². The molecule has 0 radical (unpaired) electrons. The minimum Gasteiger partial charge on any atom is -0.497 e. The first-order valence-corrected chi connectivity index (χ1v) is 10.7. The van der Waals surface area contributed by atoms with E-state index in [2.05, 4.69) is 54.0 Å². The van der Waals surface area contributed by atoms with Gasteiger partial charge in [-0.3, -0.25) is 0 Å². The lowest BCUT2D eigenvalue weighted by Gasteiger charge is -2.27. The first-order chi connectivity index (χ1) is 14.2. The molecule has 1 aliphatic carbocycles. The van der Waals surface area contributed by atoms with Crippen molar-refractivity contribution in [2.24, 2.45) is 0 Å². The van der Waals surface area contributed by atoms with Crippen LogP contribution in [0.2, 0.25) is 0 Å². The molecule has 1 atom stereocenters. The summed E-state index contributed by atoms with van der Waals surface area (Å²) in [5.41, 5.74) is 11.5. The fourth-order valence-corrected chi connectivity index (χ4v) is 4.67. The molecule has 2 aromatic carbocycles. The molecule has 4 nitrogen and oxygen atoms in total. The van der Waals surface area contributed by atoms with E-state index in [1.54, 1.807) is 7.11 Å². The minimum absolute atomic E-state index is 0.172. The van der Waals surface area contributed by atoms with Gasteiger partial charge in [0.15, 0.2) is 0 Å². The number of nitrogens with zero attached hydrogens (tertiary/aromatic N) is 2. The van der Waals surface area contributed by atoms with Gasteiger partial charge < -0.3 is 15.0 Å². The fourth-order valence-electron chi connectivity index (χ4n) is 4.67. The predicted molar refractivity (Wildman–Crippen MR) is 119 cm³/mol. The summed E-state index contributed by atoms with van der Waals surface area (Å²) in [6, 6.07) is 19.1. The van der Waals surface area contributed by atoms with Crippen molar-refractivity contribution in [2.75, 3.05) is 12.8 Å². The molecule has 1 saturated carbocycles. The molecule has 2 N–H and O–H groups in total. The highest BCUT2D eigenvalue weighted by molar-refractivity contribution is 5.39. The third-order valence-corrected chi connectivity index (χ3v) is 6.24. The Hall–Kier alpha value is -2.75. The van der Waals surface area contributed by atoms with Gasteiger partial charge in [0.05, 0.1) is 18.8 Å². The van der Waals surface area contributed by atoms with E-state index in [0.29, 0.717) is 11.9 Å². The van der Waals surface area contributed by atoms with Crippen LogP contribution in [0.15, 0.2) is 54.6 Å². The number of rotatable bonds is 6. The van der Waals surface area contributed by atoms with Gasteiger partial charge in [-0.2, -0.15) is 0 Å². The third-order valence-electron chi connectivity index (χ3n) is 6.24. The Morgan fingerprint density at radius 2 is 1.72 bits per heavy atom. The van der Waals surface area contributed by atoms with Gasteiger partial charge in [-0.05, 0) is 43.0 Å². The average Bonchev–Trinajstić information content (AvgIpc) is 3.10. The molecule has 152 valence electrons. The molecule has 0 aliphatic heterocycles. The summed E-state index contributed by atoms with van der Waals surface area (Å²) in [7, 11) is 1.70. The molecule has 3 aromatic rings. The first-order valence-electron chi connectivity index (χ1n) is 10.7. The number of nitrogen functional groups attached to an aromatic ring is 1. The Bertz CT molecular complexity index is 925. The van der Waals surface area contributed by atoms with Gasteiger partial charge >= 0.3 is 0 Å². The molecule has 0 spiro atoms. The number of benzene rings is 2. The second-order valence-corrected chi connectivity index (χ2v) is 8.12. The van der Waals surface area contributed by atoms with Crippen LogP contribution in [0.25, 0.3) is 0 Å². The van der Waals surface area contributed by atoms with Crippen LogP contribution < -0.4 is 10.5 Å². The molecule has 4 rings (SSSR count). The maximum atomic E-state index is 6.52. The van der Waals surface area contributed by atoms with E-state index in [-0.39, 0.29) is 6.04 Å². The smallest absolute Gasteiger partial charge is 0.201 e. The lowest BCUT2D eigenvalue weighted by atomic mass is 9.85. The monoisotopic (exact) mass is 389 g/mol. The first kappa shape index (κ1) is 19.6. The molecule has 4 heteroatoms. The van der Waals surface area contributed by atoms with Crippen LogP contribution in [-0.2, 0) is 6.42 Å². The largest absolute Gasteiger partial charge is 0.497 e. The SMILES string of the molecule is COc1ccc(Cc2nc(N)n([C@@H](C)c3ccccc3)c2C2CCCCC2)cc1. The zero-order valence-corrected chi connectivity index (χ0v) is 17.5. The molecule has 29 heavy (non-hydrogen) atoms. The minimum atomic E-state index is 0.172. The molecular weight excluding hydrogens is 358 g/mol. The van der Waals surface area contributed by atoms with Crippen molar-refractivity contribution < 1.29 is 4.74 Å². The highest BCUT2D eigenvalue weighted by Gasteiger charge is 2.28. The summed E-state index contributed by atoms with van der Waals surface area (Å²) in [5, 5.41) is 0. The van der Waals surface area contributed by atoms with Gasteiger partial charge in [0.25, 0.3) is 0 Å². The second kappa shape index (κ2) is 8.73. The van der Waals surface area contributed by atoms with Gasteiger partial charge in [-0.25, -0.2) is 4.98 Å². The van der Waals surface area contributed by atoms with Gasteiger partial charge in [-0.15, -0.1) is 0 Å². The van der Waals surface area contributed by atoms with Crippen molar-refractivity contribution in [3.63, 3.8) is 0 Å². The topological polar surface area (TPSA) is 53.1 Å². The van der Waals surface area contributed by atoms with Crippen LogP contribution in [0.1, 0.15) is 73.5 Å². The molecule has 1 aromatic heterocycles. The van der Waals surface area contributed by atoms with Crippen molar-refractivity contribution in [2.45, 2.75) is 57.4 Å². The number of methoxy groups -OCH3 is 1. The zero-order chi connectivity index (χ0) is 20.2. The van der Waals surface area contributed by atoms with E-state index in [1.807, 2.05) is 12.1 Å². The van der Waals surface area contributed by atoms with Crippen LogP contribution >= 0.6 is 0 Å². The Kier molecular flexibility index (Phi) is 5.89. The van der Waals surface area contributed by atoms with Crippen molar-refractivity contribution in [1.82, 2.24) is 9.55 Å². The Labute approximate surface area is 173 Å². The highest BCUT2D eigenvalue weighted by Crippen LogP contribution is 2.39. The summed E-state index contributed by atoms with van der Waals surface area (Å²) in [5.74, 6) is 2.04. The van der Waals surface area contributed by atoms with Crippen molar-refractivity contribution in [1.29, 1.82) is 0 Å². The molecule has 1 aliphatic rings. The van der Waals surface area contributed by atoms with Crippen molar-refractivity contribution in [3.05, 3.63) is 77.1 Å². The lowest BCUT2D eigenvalue weighted by molar-refractivity contribution is 0.414. The van der Waals surface area contributed by atoms with Gasteiger partial charge in [-0.1, -0.05) is 61.7 Å². The normalized spacial score (nSPS) is 15.9. The van der Waals surface area contributed by atoms with Crippen LogP contribution in [0, 0.1) is 0 Å². The molecule has 1 fully saturated rings. The summed E-state index contributed by atoms with van der Waals surface area (Å²) in [4.78, 5) is 4.88. The van der Waals surface area contributed by atoms with E-state index in [1.165, 1.54) is 48.9 Å². The summed E-state index contributed by atoms with van der Waals surface area (Å²) in [6.45, 7) is 2.23. The van der Waals surface area contributed by atoms with E-state index < -0.39 is 0 Å². The third kappa shape index (κ3) is 4.16. The van der Waals surface area contributed by atoms with Crippen molar-refractivity contribution >= 4 is 5.95 Å². The van der Waals surface area contributed by atoms with Crippen LogP contribution in [0.5, 0.6) is 5.75 Å². The second-order valence-electron chi connectivity index (χ2n) is 8.12. The van der Waals surface area contributed by atoms with Crippen LogP contribution in [-0.4, -0.2) is 16.7 Å². The fraction of sp³-hybridized carbons (Fsp3) is 0.400. The standard InChI is InChI=1S/C25H31N3O/c1-18(20-9-5-3-6-10-20)28-24(21-11-7-4-8-12-21)23(27-25(28)26)17-19-13-15-22(29-2)16-14-19/h3,5-6,9-10,13-16,18,21H,4,7-8,11-12,17H2,1-2H3,(H2,26,27)/t18-/m0/s1. The van der Waals surface area contributed by atoms with E-state index in [0.717, 1.165) is 17.9 Å². The van der Waals surface area contributed by atoms with Gasteiger partial charge in [0.2, 0.25) is 5.95 Å². The number of anilines is 1. The quantitative estimate of drug-likeness (QED) is 0.586. The summed E-state index contributed by atoms with van der Waals surface area (Å²) < 4.78 is 7.60. The predicted octanol–water partition coefficient (Wildman–Crippen LogP) is 5.72. The Balaban J connectivity index is 1.74. The maximum absolute atomic E-state index is 6.52. The Morgan fingerprint density at radius 3 is 2.38 bits per heavy atom. The van der Waals surface area contributed by atoms with Crippen LogP contribution in [0.3, 0.4) is 0 Å². The average molecular weight is 390 g/mol. The number of imidazole rings is 1. The number of nitrogens with two attached hydrogens (primary N) is 1. The lowest BCUT2D eigenvalue weighted by Crippen LogP contribution is -2.18. The molecular formula is C25H31N3O. The Morgan fingerprint density at radius 1 is 1.03 bits per heavy atom. The number of hydrogen-bond donors (Lipinski definition) is 1. The molecule has 0 bridgehead atoms. The molecule has 0 saturated heterocycles. The van der Waals surface area contributed by atoms with E-state index in [9.17, 15) is 0 Å². The van der Waals surface area contributed by atoms with Crippen LogP contribution in [0.4, 0.5) is 5.95 Å². The highest BCUT2D eigenvalue weighted by atomic mass is 16.5. The number of ether oxygens (including phenoxy) is 1. The zero-order valence-electron chi connectivity index (χ0n) is 17.5. The molecule has 0 amide bonds. The summed E-state index contributed by atoms with van der Waals surface area (Å²) in [6.07, 6.45) is 7.16. The van der Waals surface area contributed by atoms with Gasteiger partial charge in [0.1, 0.15) is 5.75 Å². The molecule has 0 unspecified atom stereocenters. The van der Waals surface area contributed by atoms with Crippen molar-refractivity contribution in [3.8, 4) is 5.75 Å². The van der Waals surface area contributed by atoms with E-state index >= 15 is 0 Å². The number of aromatic nitrogens is 2. The maximum Gasteiger partial charge on any atom is 0.201 e. The number of hydrogen-bond acceptors (Lipinski definition) is 3.